The van der Waals surface area contributed by atoms with Gasteiger partial charge < -0.3 is 0 Å². The van der Waals surface area contributed by atoms with Crippen LogP contribution in [-0.4, -0.2) is 9.97 Å². The fourth-order valence-electron chi connectivity index (χ4n) is 2.84. The average molecular weight is 361 g/mol. The largest absolute Gasteiger partial charge is 0.254 e. The lowest BCUT2D eigenvalue weighted by molar-refractivity contribution is 1.39. The van der Waals surface area contributed by atoms with Crippen LogP contribution in [0.25, 0.3) is 41.3 Å². The maximum absolute atomic E-state index is 6.45. The number of thiophene rings is 2. The summed E-state index contributed by atoms with van der Waals surface area (Å²) in [6, 6.07) is 10.1. The van der Waals surface area contributed by atoms with Crippen LogP contribution in [0.3, 0.4) is 0 Å². The third kappa shape index (κ3) is 1.66. The van der Waals surface area contributed by atoms with Crippen molar-refractivity contribution in [3.05, 3.63) is 46.0 Å². The molecule has 5 rings (SSSR count). The van der Waals surface area contributed by atoms with Gasteiger partial charge in [0.1, 0.15) is 5.15 Å². The lowest BCUT2D eigenvalue weighted by Crippen LogP contribution is -1.86. The van der Waals surface area contributed by atoms with Crippen LogP contribution in [0.1, 0.15) is 0 Å². The highest BCUT2D eigenvalue weighted by Gasteiger charge is 2.17. The Balaban J connectivity index is 2.13. The molecule has 106 valence electrons. The zero-order valence-electron chi connectivity index (χ0n) is 10.9. The van der Waals surface area contributed by atoms with E-state index < -0.39 is 0 Å². The molecule has 0 N–H and O–H groups in total. The Kier molecular flexibility index (Phi) is 2.68. The van der Waals surface area contributed by atoms with Crippen LogP contribution in [0.15, 0.2) is 36.5 Å². The molecule has 0 unspecified atom stereocenters. The van der Waals surface area contributed by atoms with E-state index in [0.717, 1.165) is 40.9 Å². The Hall–Kier alpha value is -1.46. The third-order valence-corrected chi connectivity index (χ3v) is 6.69. The Morgan fingerprint density at radius 2 is 1.86 bits per heavy atom. The molecule has 0 aliphatic heterocycles. The van der Waals surface area contributed by atoms with Gasteiger partial charge in [-0.3, -0.25) is 4.98 Å². The normalized spacial score (nSPS) is 12.1. The number of hydrogen-bond acceptors (Lipinski definition) is 4. The predicted molar refractivity (Wildman–Crippen MR) is 97.8 cm³/mol. The van der Waals surface area contributed by atoms with E-state index in [0.29, 0.717) is 5.15 Å². The van der Waals surface area contributed by atoms with Crippen LogP contribution in [0.4, 0.5) is 0 Å². The van der Waals surface area contributed by atoms with Crippen LogP contribution >= 0.6 is 45.9 Å². The van der Waals surface area contributed by atoms with Crippen molar-refractivity contribution in [2.75, 3.05) is 0 Å². The van der Waals surface area contributed by atoms with Crippen molar-refractivity contribution in [3.8, 4) is 0 Å². The molecule has 4 heterocycles. The maximum Gasteiger partial charge on any atom is 0.147 e. The molecule has 2 nitrogen and oxygen atoms in total. The van der Waals surface area contributed by atoms with Crippen molar-refractivity contribution in [2.24, 2.45) is 0 Å². The van der Waals surface area contributed by atoms with Crippen molar-refractivity contribution >= 4 is 87.2 Å². The first-order valence-electron chi connectivity index (χ1n) is 6.57. The number of aromatic nitrogens is 2. The number of pyridine rings is 2. The fourth-order valence-corrected chi connectivity index (χ4v) is 5.81. The van der Waals surface area contributed by atoms with Gasteiger partial charge in [-0.1, -0.05) is 41.4 Å². The van der Waals surface area contributed by atoms with Crippen molar-refractivity contribution in [1.82, 2.24) is 9.97 Å². The highest BCUT2D eigenvalue weighted by Crippen LogP contribution is 2.46. The first-order valence-corrected chi connectivity index (χ1v) is 8.96. The maximum atomic E-state index is 6.45. The van der Waals surface area contributed by atoms with Crippen LogP contribution in [0, 0.1) is 0 Å². The number of halogens is 2. The van der Waals surface area contributed by atoms with E-state index in [4.69, 9.17) is 23.2 Å². The van der Waals surface area contributed by atoms with Gasteiger partial charge in [0.15, 0.2) is 0 Å². The molecule has 5 aromatic rings. The summed E-state index contributed by atoms with van der Waals surface area (Å²) in [6.07, 6.45) is 1.78. The van der Waals surface area contributed by atoms with Crippen molar-refractivity contribution in [1.29, 1.82) is 0 Å². The van der Waals surface area contributed by atoms with Crippen LogP contribution in [-0.2, 0) is 0 Å². The molecule has 0 aliphatic rings. The lowest BCUT2D eigenvalue weighted by atomic mass is 10.1. The van der Waals surface area contributed by atoms with Gasteiger partial charge >= 0.3 is 0 Å². The van der Waals surface area contributed by atoms with Crippen LogP contribution in [0.5, 0.6) is 0 Å². The molecule has 0 fully saturated rings. The number of fused-ring (bicyclic) bond motifs is 7. The SMILES string of the molecule is Clc1cc2sc3c(Cl)nc4c(ccc5cccnc54)c3c2s1. The molecule has 0 bridgehead atoms. The van der Waals surface area contributed by atoms with Crippen molar-refractivity contribution in [2.45, 2.75) is 0 Å². The van der Waals surface area contributed by atoms with E-state index in [-0.39, 0.29) is 0 Å². The van der Waals surface area contributed by atoms with E-state index in [1.165, 1.54) is 4.70 Å². The monoisotopic (exact) mass is 360 g/mol. The summed E-state index contributed by atoms with van der Waals surface area (Å²) in [6.45, 7) is 0. The number of benzene rings is 1. The van der Waals surface area contributed by atoms with Gasteiger partial charge in [0.05, 0.1) is 24.8 Å². The van der Waals surface area contributed by atoms with E-state index in [2.05, 4.69) is 22.1 Å². The second kappa shape index (κ2) is 4.52. The molecule has 0 radical (unpaired) electrons. The van der Waals surface area contributed by atoms with Crippen molar-refractivity contribution < 1.29 is 0 Å². The molecule has 0 atom stereocenters. The quantitative estimate of drug-likeness (QED) is 0.232. The molecule has 1 aromatic carbocycles. The highest BCUT2D eigenvalue weighted by atomic mass is 35.5. The molecule has 22 heavy (non-hydrogen) atoms. The lowest BCUT2D eigenvalue weighted by Gasteiger charge is -2.05. The van der Waals surface area contributed by atoms with Crippen molar-refractivity contribution in [3.63, 3.8) is 0 Å². The standard InChI is InChI=1S/C16H6Cl2N2S2/c17-10-6-9-14(22-10)11-8-4-3-7-2-1-5-19-12(7)13(8)20-16(18)15(11)21-9/h1-6H. The third-order valence-electron chi connectivity index (χ3n) is 3.75. The van der Waals surface area contributed by atoms with Gasteiger partial charge in [0.2, 0.25) is 0 Å². The van der Waals surface area contributed by atoms with Gasteiger partial charge in [-0.05, 0) is 12.1 Å². The summed E-state index contributed by atoms with van der Waals surface area (Å²) in [4.78, 5) is 9.10. The minimum absolute atomic E-state index is 0.533. The number of rotatable bonds is 0. The van der Waals surface area contributed by atoms with Gasteiger partial charge in [-0.2, -0.15) is 0 Å². The minimum Gasteiger partial charge on any atom is -0.254 e. The average Bonchev–Trinajstić information content (AvgIpc) is 3.04. The zero-order chi connectivity index (χ0) is 14.8. The minimum atomic E-state index is 0.533. The second-order valence-corrected chi connectivity index (χ2v) is 8.08. The molecule has 0 saturated heterocycles. The second-order valence-electron chi connectivity index (χ2n) is 4.99. The van der Waals surface area contributed by atoms with E-state index >= 15 is 0 Å². The first-order chi connectivity index (χ1) is 10.7. The van der Waals surface area contributed by atoms with Crippen LogP contribution in [0.2, 0.25) is 9.49 Å². The molecular weight excluding hydrogens is 355 g/mol. The molecule has 0 aliphatic carbocycles. The molecular formula is C16H6Cl2N2S2. The first kappa shape index (κ1) is 13.0. The summed E-state index contributed by atoms with van der Waals surface area (Å²) in [7, 11) is 0. The molecule has 0 spiro atoms. The number of nitrogens with zero attached hydrogens (tertiary/aromatic N) is 2. The predicted octanol–water partition coefficient (Wildman–Crippen LogP) is 6.52. The van der Waals surface area contributed by atoms with Gasteiger partial charge in [0.25, 0.3) is 0 Å². The Labute approximate surface area is 142 Å². The molecule has 0 saturated carbocycles. The fraction of sp³-hybridized carbons (Fsp3) is 0. The highest BCUT2D eigenvalue weighted by molar-refractivity contribution is 7.34. The Morgan fingerprint density at radius 3 is 2.77 bits per heavy atom. The van der Waals surface area contributed by atoms with E-state index in [9.17, 15) is 0 Å². The summed E-state index contributed by atoms with van der Waals surface area (Å²) in [5.41, 5.74) is 1.73. The van der Waals surface area contributed by atoms with Gasteiger partial charge in [0, 0.05) is 27.1 Å². The summed E-state index contributed by atoms with van der Waals surface area (Å²) < 4.78 is 4.14. The topological polar surface area (TPSA) is 25.8 Å². The Morgan fingerprint density at radius 1 is 0.955 bits per heavy atom. The van der Waals surface area contributed by atoms with Gasteiger partial charge in [-0.25, -0.2) is 4.98 Å². The van der Waals surface area contributed by atoms with E-state index in [1.54, 1.807) is 28.9 Å². The summed E-state index contributed by atoms with van der Waals surface area (Å²) in [5, 5.41) is 3.81. The zero-order valence-corrected chi connectivity index (χ0v) is 14.1. The van der Waals surface area contributed by atoms with Gasteiger partial charge in [-0.15, -0.1) is 22.7 Å². The summed E-state index contributed by atoms with van der Waals surface area (Å²) >= 11 is 15.8. The smallest absolute Gasteiger partial charge is 0.147 e. The van der Waals surface area contributed by atoms with Crippen LogP contribution < -0.4 is 0 Å². The molecule has 6 heteroatoms. The Bertz CT molecular complexity index is 1210. The molecule has 4 aromatic heterocycles. The number of hydrogen-bond donors (Lipinski definition) is 0. The molecule has 0 amide bonds. The summed E-state index contributed by atoms with van der Waals surface area (Å²) in [5.74, 6) is 0. The van der Waals surface area contributed by atoms with E-state index in [1.807, 2.05) is 18.2 Å².